The van der Waals surface area contributed by atoms with Crippen molar-refractivity contribution in [3.8, 4) is 17.0 Å². The van der Waals surface area contributed by atoms with Crippen LogP contribution in [0.25, 0.3) is 17.0 Å². The predicted molar refractivity (Wildman–Crippen MR) is 84.8 cm³/mol. The van der Waals surface area contributed by atoms with Crippen LogP contribution in [0.1, 0.15) is 17.4 Å². The van der Waals surface area contributed by atoms with Gasteiger partial charge >= 0.3 is 5.76 Å². The molecule has 1 heterocycles. The van der Waals surface area contributed by atoms with E-state index in [2.05, 4.69) is 0 Å². The normalized spacial score (nSPS) is 10.6. The van der Waals surface area contributed by atoms with Gasteiger partial charge in [0.25, 0.3) is 0 Å². The zero-order chi connectivity index (χ0) is 15.7. The average molecular weight is 314 g/mol. The van der Waals surface area contributed by atoms with Crippen molar-refractivity contribution in [2.75, 3.05) is 0 Å². The number of hydrogen-bond acceptors (Lipinski definition) is 3. The van der Waals surface area contributed by atoms with E-state index in [0.717, 1.165) is 0 Å². The lowest BCUT2D eigenvalue weighted by atomic mass is 10.1. The van der Waals surface area contributed by atoms with Gasteiger partial charge in [-0.25, -0.2) is 9.36 Å². The van der Waals surface area contributed by atoms with Gasteiger partial charge in [-0.05, 0) is 36.4 Å². The fraction of sp³-hybridized carbons (Fsp3) is 0.0588. The number of halogens is 1. The lowest BCUT2D eigenvalue weighted by Gasteiger charge is -2.05. The summed E-state index contributed by atoms with van der Waals surface area (Å²) in [7, 11) is 0. The van der Waals surface area contributed by atoms with Gasteiger partial charge in [0.05, 0.1) is 5.69 Å². The van der Waals surface area contributed by atoms with Crippen LogP contribution in [0.2, 0.25) is 5.02 Å². The number of nitrogens with zero attached hydrogens (tertiary/aromatic N) is 1. The zero-order valence-electron chi connectivity index (χ0n) is 11.7. The van der Waals surface area contributed by atoms with E-state index < -0.39 is 5.76 Å². The largest absolute Gasteiger partial charge is 0.424 e. The number of para-hydroxylation sites is 1. The summed E-state index contributed by atoms with van der Waals surface area (Å²) in [6, 6.07) is 15.7. The van der Waals surface area contributed by atoms with E-state index in [-0.39, 0.29) is 17.2 Å². The standard InChI is InChI=1S/C17H12ClNO3/c1-11(20)15-16(12-7-9-13(18)10-8-12)22-17(21)19(15)14-5-3-2-4-6-14/h2-10H,1H3. The third-order valence-corrected chi connectivity index (χ3v) is 3.52. The van der Waals surface area contributed by atoms with E-state index in [1.54, 1.807) is 48.5 Å². The molecule has 4 nitrogen and oxygen atoms in total. The lowest BCUT2D eigenvalue weighted by molar-refractivity contribution is 0.101. The quantitative estimate of drug-likeness (QED) is 0.688. The van der Waals surface area contributed by atoms with Gasteiger partial charge in [-0.3, -0.25) is 4.79 Å². The van der Waals surface area contributed by atoms with Gasteiger partial charge in [-0.2, -0.15) is 0 Å². The number of rotatable bonds is 3. The number of carbonyl (C=O) groups is 1. The maximum Gasteiger partial charge on any atom is 0.424 e. The number of carbonyl (C=O) groups excluding carboxylic acids is 1. The molecular formula is C17H12ClNO3. The minimum absolute atomic E-state index is 0.221. The first-order valence-electron chi connectivity index (χ1n) is 6.66. The highest BCUT2D eigenvalue weighted by molar-refractivity contribution is 6.30. The number of Topliss-reactive ketones (excluding diaryl/α,β-unsaturated/α-hetero) is 1. The van der Waals surface area contributed by atoms with Crippen LogP contribution in [-0.2, 0) is 0 Å². The first-order chi connectivity index (χ1) is 10.6. The second-order valence-corrected chi connectivity index (χ2v) is 5.22. The molecule has 0 N–H and O–H groups in total. The minimum atomic E-state index is -0.596. The van der Waals surface area contributed by atoms with Crippen molar-refractivity contribution in [2.24, 2.45) is 0 Å². The van der Waals surface area contributed by atoms with Gasteiger partial charge in [-0.1, -0.05) is 29.8 Å². The Morgan fingerprint density at radius 1 is 1.05 bits per heavy atom. The van der Waals surface area contributed by atoms with Crippen LogP contribution in [0, 0.1) is 0 Å². The van der Waals surface area contributed by atoms with E-state index in [1.807, 2.05) is 6.07 Å². The van der Waals surface area contributed by atoms with Crippen LogP contribution in [0.15, 0.2) is 63.8 Å². The van der Waals surface area contributed by atoms with Crippen molar-refractivity contribution < 1.29 is 9.21 Å². The van der Waals surface area contributed by atoms with Crippen LogP contribution in [0.5, 0.6) is 0 Å². The third-order valence-electron chi connectivity index (χ3n) is 3.26. The summed E-state index contributed by atoms with van der Waals surface area (Å²) in [5.41, 5.74) is 1.43. The Labute approximate surface area is 131 Å². The maximum absolute atomic E-state index is 12.2. The first-order valence-corrected chi connectivity index (χ1v) is 7.04. The molecule has 1 aromatic heterocycles. The SMILES string of the molecule is CC(=O)c1c(-c2ccc(Cl)cc2)oc(=O)n1-c1ccccc1. The Morgan fingerprint density at radius 2 is 1.68 bits per heavy atom. The molecule has 0 radical (unpaired) electrons. The van der Waals surface area contributed by atoms with Crippen molar-refractivity contribution in [1.82, 2.24) is 4.57 Å². The molecule has 0 amide bonds. The molecule has 2 aromatic carbocycles. The third kappa shape index (κ3) is 2.49. The number of aromatic nitrogens is 1. The Hall–Kier alpha value is -2.59. The molecule has 3 aromatic rings. The van der Waals surface area contributed by atoms with Gasteiger partial charge in [0.1, 0.15) is 5.69 Å². The summed E-state index contributed by atoms with van der Waals surface area (Å²) < 4.78 is 6.61. The van der Waals surface area contributed by atoms with Crippen molar-refractivity contribution in [1.29, 1.82) is 0 Å². The van der Waals surface area contributed by atoms with Crippen LogP contribution in [0.4, 0.5) is 0 Å². The summed E-state index contributed by atoms with van der Waals surface area (Å²) in [5, 5.41) is 0.568. The monoisotopic (exact) mass is 313 g/mol. The molecule has 3 rings (SSSR count). The molecule has 0 unspecified atom stereocenters. The Balaban J connectivity index is 2.28. The summed E-state index contributed by atoms with van der Waals surface area (Å²) in [6.07, 6.45) is 0. The molecule has 0 bridgehead atoms. The summed E-state index contributed by atoms with van der Waals surface area (Å²) in [5.74, 6) is -0.598. The molecule has 22 heavy (non-hydrogen) atoms. The highest BCUT2D eigenvalue weighted by atomic mass is 35.5. The van der Waals surface area contributed by atoms with E-state index in [9.17, 15) is 9.59 Å². The highest BCUT2D eigenvalue weighted by Gasteiger charge is 2.22. The van der Waals surface area contributed by atoms with Crippen molar-refractivity contribution >= 4 is 17.4 Å². The van der Waals surface area contributed by atoms with Crippen molar-refractivity contribution in [3.05, 3.63) is 75.9 Å². The topological polar surface area (TPSA) is 52.2 Å². The van der Waals surface area contributed by atoms with Crippen LogP contribution in [-0.4, -0.2) is 10.4 Å². The van der Waals surface area contributed by atoms with Gasteiger partial charge in [0, 0.05) is 17.5 Å². The van der Waals surface area contributed by atoms with E-state index in [0.29, 0.717) is 16.3 Å². The number of hydrogen-bond donors (Lipinski definition) is 0. The minimum Gasteiger partial charge on any atom is -0.407 e. The molecule has 0 saturated carbocycles. The molecule has 0 spiro atoms. The molecule has 0 aliphatic rings. The summed E-state index contributed by atoms with van der Waals surface area (Å²) >= 11 is 5.87. The number of oxazole rings is 1. The Morgan fingerprint density at radius 3 is 2.27 bits per heavy atom. The average Bonchev–Trinajstić information content (AvgIpc) is 2.86. The van der Waals surface area contributed by atoms with E-state index in [1.165, 1.54) is 11.5 Å². The van der Waals surface area contributed by atoms with Crippen LogP contribution >= 0.6 is 11.6 Å². The molecular weight excluding hydrogens is 302 g/mol. The molecule has 0 atom stereocenters. The second-order valence-electron chi connectivity index (χ2n) is 4.78. The molecule has 0 fully saturated rings. The molecule has 0 saturated heterocycles. The molecule has 5 heteroatoms. The molecule has 0 aliphatic heterocycles. The fourth-order valence-electron chi connectivity index (χ4n) is 2.30. The van der Waals surface area contributed by atoms with E-state index in [4.69, 9.17) is 16.0 Å². The number of benzene rings is 2. The van der Waals surface area contributed by atoms with Crippen molar-refractivity contribution in [3.63, 3.8) is 0 Å². The van der Waals surface area contributed by atoms with Crippen LogP contribution in [0.3, 0.4) is 0 Å². The van der Waals surface area contributed by atoms with Gasteiger partial charge in [0.2, 0.25) is 0 Å². The van der Waals surface area contributed by atoms with Gasteiger partial charge in [0.15, 0.2) is 11.5 Å². The van der Waals surface area contributed by atoms with E-state index >= 15 is 0 Å². The van der Waals surface area contributed by atoms with Crippen LogP contribution < -0.4 is 5.76 Å². The lowest BCUT2D eigenvalue weighted by Crippen LogP contribution is -2.16. The fourth-order valence-corrected chi connectivity index (χ4v) is 2.43. The first kappa shape index (κ1) is 14.4. The predicted octanol–water partition coefficient (Wildman–Crippen LogP) is 3.95. The maximum atomic E-state index is 12.2. The van der Waals surface area contributed by atoms with Gasteiger partial charge < -0.3 is 4.42 Å². The second kappa shape index (κ2) is 5.66. The highest BCUT2D eigenvalue weighted by Crippen LogP contribution is 2.26. The summed E-state index contributed by atoms with van der Waals surface area (Å²) in [4.78, 5) is 24.3. The number of ketones is 1. The molecule has 110 valence electrons. The van der Waals surface area contributed by atoms with Gasteiger partial charge in [-0.15, -0.1) is 0 Å². The zero-order valence-corrected chi connectivity index (χ0v) is 12.5. The smallest absolute Gasteiger partial charge is 0.407 e. The van der Waals surface area contributed by atoms with Crippen molar-refractivity contribution in [2.45, 2.75) is 6.92 Å². The molecule has 0 aliphatic carbocycles. The Kier molecular flexibility index (Phi) is 3.69. The Bertz CT molecular complexity index is 877. The summed E-state index contributed by atoms with van der Waals surface area (Å²) in [6.45, 7) is 1.41.